The van der Waals surface area contributed by atoms with Crippen LogP contribution in [0.5, 0.6) is 0 Å². The lowest BCUT2D eigenvalue weighted by atomic mass is 9.84. The number of hydrogen-bond acceptors (Lipinski definition) is 4. The van der Waals surface area contributed by atoms with Gasteiger partial charge < -0.3 is 14.7 Å². The number of amides is 1. The Bertz CT molecular complexity index is 1190. The van der Waals surface area contributed by atoms with Crippen LogP contribution in [0.3, 0.4) is 0 Å². The summed E-state index contributed by atoms with van der Waals surface area (Å²) < 4.78 is 121. The van der Waals surface area contributed by atoms with E-state index in [0.717, 1.165) is 17.0 Å². The van der Waals surface area contributed by atoms with E-state index in [9.17, 15) is 54.2 Å². The molecule has 2 fully saturated rings. The summed E-state index contributed by atoms with van der Waals surface area (Å²) in [4.78, 5) is 26.3. The molecule has 0 saturated carbocycles. The van der Waals surface area contributed by atoms with Gasteiger partial charge in [0.1, 0.15) is 5.41 Å². The predicted octanol–water partition coefficient (Wildman–Crippen LogP) is 6.23. The molecule has 228 valence electrons. The quantitative estimate of drug-likeness (QED) is 0.327. The van der Waals surface area contributed by atoms with Crippen LogP contribution in [0.25, 0.3) is 0 Å². The standard InChI is InChI=1S/C26H27F9N2O4/c1-22(2,20(38)39)8-6-16-14-18(24(27,28)29)5-4-17(16)15-37-11-3-7-23(37)9-12-36(13-10-23)21(40)41-19(25(30,31)32)26(33,34)35/h4-5,14,19H,3,7,9-13,15H2,1-2H3,(H,38,39). The van der Waals surface area contributed by atoms with Crippen LogP contribution in [0.4, 0.5) is 44.3 Å². The molecule has 15 heteroatoms. The molecule has 0 atom stereocenters. The number of carboxylic acids is 1. The number of benzene rings is 1. The van der Waals surface area contributed by atoms with Gasteiger partial charge in [0.25, 0.3) is 6.10 Å². The van der Waals surface area contributed by atoms with Crippen LogP contribution in [0, 0.1) is 17.3 Å². The molecule has 1 spiro atoms. The van der Waals surface area contributed by atoms with Crippen LogP contribution in [0.15, 0.2) is 18.2 Å². The average Bonchev–Trinajstić information content (AvgIpc) is 3.21. The highest BCUT2D eigenvalue weighted by atomic mass is 19.4. The van der Waals surface area contributed by atoms with E-state index in [4.69, 9.17) is 0 Å². The summed E-state index contributed by atoms with van der Waals surface area (Å²) in [6.07, 6.45) is -20.8. The van der Waals surface area contributed by atoms with Crippen LogP contribution in [-0.2, 0) is 22.3 Å². The minimum absolute atomic E-state index is 0.0254. The van der Waals surface area contributed by atoms with Gasteiger partial charge >= 0.3 is 30.6 Å². The van der Waals surface area contributed by atoms with Gasteiger partial charge in [0.2, 0.25) is 0 Å². The fourth-order valence-corrected chi connectivity index (χ4v) is 4.90. The molecule has 2 heterocycles. The fraction of sp³-hybridized carbons (Fsp3) is 0.615. The topological polar surface area (TPSA) is 70.1 Å². The number of alkyl halides is 9. The van der Waals surface area contributed by atoms with Crippen LogP contribution in [0.1, 0.15) is 56.2 Å². The van der Waals surface area contributed by atoms with Gasteiger partial charge in [-0.1, -0.05) is 17.9 Å². The monoisotopic (exact) mass is 602 g/mol. The Labute approximate surface area is 229 Å². The summed E-state index contributed by atoms with van der Waals surface area (Å²) in [6.45, 7) is 2.81. The number of nitrogens with zero attached hydrogens (tertiary/aromatic N) is 2. The zero-order valence-electron chi connectivity index (χ0n) is 21.9. The van der Waals surface area contributed by atoms with Gasteiger partial charge in [-0.15, -0.1) is 0 Å². The Morgan fingerprint density at radius 1 is 0.976 bits per heavy atom. The van der Waals surface area contributed by atoms with Gasteiger partial charge in [-0.05, 0) is 63.8 Å². The number of likely N-dealkylation sites (tertiary alicyclic amines) is 2. The van der Waals surface area contributed by atoms with E-state index in [1.54, 1.807) is 0 Å². The van der Waals surface area contributed by atoms with Crippen molar-refractivity contribution in [3.63, 3.8) is 0 Å². The maximum Gasteiger partial charge on any atom is 0.434 e. The van der Waals surface area contributed by atoms with E-state index in [1.807, 2.05) is 4.90 Å². The molecule has 0 unspecified atom stereocenters. The van der Waals surface area contributed by atoms with E-state index >= 15 is 0 Å². The maximum atomic E-state index is 13.4. The first-order valence-corrected chi connectivity index (χ1v) is 12.5. The van der Waals surface area contributed by atoms with Crippen molar-refractivity contribution in [2.45, 2.75) is 76.2 Å². The van der Waals surface area contributed by atoms with Gasteiger partial charge in [-0.2, -0.15) is 39.5 Å². The molecule has 2 aliphatic heterocycles. The lowest BCUT2D eigenvalue weighted by molar-refractivity contribution is -0.308. The molecule has 1 aromatic rings. The van der Waals surface area contributed by atoms with E-state index in [-0.39, 0.29) is 38.0 Å². The van der Waals surface area contributed by atoms with Crippen LogP contribution < -0.4 is 0 Å². The molecule has 0 aliphatic carbocycles. The third-order valence-corrected chi connectivity index (χ3v) is 7.35. The highest BCUT2D eigenvalue weighted by Gasteiger charge is 2.60. The van der Waals surface area contributed by atoms with Crippen molar-refractivity contribution < 1.29 is 58.9 Å². The number of rotatable bonds is 4. The first kappa shape index (κ1) is 32.4. The van der Waals surface area contributed by atoms with Gasteiger partial charge in [-0.3, -0.25) is 9.69 Å². The van der Waals surface area contributed by atoms with Crippen molar-refractivity contribution >= 4 is 12.1 Å². The molecule has 3 rings (SSSR count). The Balaban J connectivity index is 1.80. The normalized spacial score (nSPS) is 18.4. The van der Waals surface area contributed by atoms with E-state index in [0.29, 0.717) is 24.9 Å². The zero-order chi connectivity index (χ0) is 31.0. The number of ether oxygens (including phenoxy) is 1. The molecule has 6 nitrogen and oxygen atoms in total. The molecule has 0 radical (unpaired) electrons. The Hall–Kier alpha value is -3.15. The maximum absolute atomic E-state index is 13.4. The number of carbonyl (C=O) groups excluding carboxylic acids is 1. The summed E-state index contributed by atoms with van der Waals surface area (Å²) in [5.41, 5.74) is -2.77. The molecule has 2 aliphatic rings. The summed E-state index contributed by atoms with van der Waals surface area (Å²) in [7, 11) is 0. The number of hydrogen-bond donors (Lipinski definition) is 1. The highest BCUT2D eigenvalue weighted by Crippen LogP contribution is 2.41. The van der Waals surface area contributed by atoms with Gasteiger partial charge in [0.05, 0.1) is 5.56 Å². The van der Waals surface area contributed by atoms with Crippen molar-refractivity contribution in [2.75, 3.05) is 19.6 Å². The van der Waals surface area contributed by atoms with E-state index < -0.39 is 53.2 Å². The second-order valence-electron chi connectivity index (χ2n) is 10.6. The van der Waals surface area contributed by atoms with Crippen LogP contribution >= 0.6 is 0 Å². The first-order valence-electron chi connectivity index (χ1n) is 12.5. The molecule has 2 saturated heterocycles. The number of carbonyl (C=O) groups is 2. The summed E-state index contributed by atoms with van der Waals surface area (Å²) in [5.74, 6) is 3.79. The minimum Gasteiger partial charge on any atom is -0.480 e. The highest BCUT2D eigenvalue weighted by molar-refractivity contribution is 5.77. The van der Waals surface area contributed by atoms with Crippen molar-refractivity contribution in [3.05, 3.63) is 34.9 Å². The summed E-state index contributed by atoms with van der Waals surface area (Å²) in [6, 6.07) is 2.95. The summed E-state index contributed by atoms with van der Waals surface area (Å²) in [5, 5.41) is 9.32. The minimum atomic E-state index is -5.84. The van der Waals surface area contributed by atoms with Crippen molar-refractivity contribution in [2.24, 2.45) is 5.41 Å². The molecule has 0 bridgehead atoms. The largest absolute Gasteiger partial charge is 0.480 e. The second kappa shape index (κ2) is 11.3. The molecular weight excluding hydrogens is 575 g/mol. The van der Waals surface area contributed by atoms with Gasteiger partial charge in [0, 0.05) is 30.7 Å². The Morgan fingerprint density at radius 3 is 2.07 bits per heavy atom. The lowest BCUT2D eigenvalue weighted by Gasteiger charge is -2.45. The van der Waals surface area contributed by atoms with Crippen LogP contribution in [-0.4, -0.2) is 70.6 Å². The first-order chi connectivity index (χ1) is 18.7. The number of aliphatic carboxylic acids is 1. The number of carboxylic acid groups (broad SMARTS) is 1. The molecule has 1 amide bonds. The van der Waals surface area contributed by atoms with E-state index in [2.05, 4.69) is 16.6 Å². The molecule has 0 aromatic heterocycles. The van der Waals surface area contributed by atoms with Gasteiger partial charge in [0.15, 0.2) is 0 Å². The fourth-order valence-electron chi connectivity index (χ4n) is 4.90. The lowest BCUT2D eigenvalue weighted by Crippen LogP contribution is -2.54. The Kier molecular flexibility index (Phi) is 8.89. The second-order valence-corrected chi connectivity index (χ2v) is 10.6. The number of piperidine rings is 1. The third kappa shape index (κ3) is 7.58. The molecule has 41 heavy (non-hydrogen) atoms. The predicted molar refractivity (Wildman–Crippen MR) is 125 cm³/mol. The van der Waals surface area contributed by atoms with E-state index in [1.165, 1.54) is 19.9 Å². The van der Waals surface area contributed by atoms with Crippen molar-refractivity contribution in [1.82, 2.24) is 9.80 Å². The third-order valence-electron chi connectivity index (χ3n) is 7.35. The van der Waals surface area contributed by atoms with Gasteiger partial charge in [-0.25, -0.2) is 4.79 Å². The van der Waals surface area contributed by atoms with Crippen molar-refractivity contribution in [3.8, 4) is 11.8 Å². The van der Waals surface area contributed by atoms with Crippen molar-refractivity contribution in [1.29, 1.82) is 0 Å². The number of halogens is 9. The zero-order valence-corrected chi connectivity index (χ0v) is 21.9. The molecule has 1 aromatic carbocycles. The van der Waals surface area contributed by atoms with Crippen LogP contribution in [0.2, 0.25) is 0 Å². The average molecular weight is 602 g/mol. The SMILES string of the molecule is CC(C)(C#Cc1cc(C(F)(F)F)ccc1CN1CCCC12CCN(C(=O)OC(C(F)(F)F)C(F)(F)F)CC2)C(=O)O. The Morgan fingerprint density at radius 2 is 1.56 bits per heavy atom. The molecular formula is C26H27F9N2O4. The summed E-state index contributed by atoms with van der Waals surface area (Å²) >= 11 is 0. The molecule has 1 N–H and O–H groups in total. The smallest absolute Gasteiger partial charge is 0.434 e.